The second kappa shape index (κ2) is 8.04. The number of likely N-dealkylation sites (N-methyl/N-ethyl adjacent to an activating group) is 1. The van der Waals surface area contributed by atoms with Crippen molar-refractivity contribution in [3.05, 3.63) is 59.7 Å². The smallest absolute Gasteiger partial charge is 0.253 e. The molecular weight excluding hydrogens is 328 g/mol. The van der Waals surface area contributed by atoms with E-state index in [2.05, 4.69) is 0 Å². The van der Waals surface area contributed by atoms with E-state index < -0.39 is 0 Å². The summed E-state index contributed by atoms with van der Waals surface area (Å²) in [4.78, 5) is 27.7. The van der Waals surface area contributed by atoms with Gasteiger partial charge in [0.2, 0.25) is 5.91 Å². The van der Waals surface area contributed by atoms with Crippen LogP contribution in [0.25, 0.3) is 0 Å². The number of rotatable bonds is 6. The van der Waals surface area contributed by atoms with Crippen molar-refractivity contribution in [1.29, 1.82) is 0 Å². The van der Waals surface area contributed by atoms with Gasteiger partial charge < -0.3 is 14.5 Å². The van der Waals surface area contributed by atoms with Crippen molar-refractivity contribution in [2.24, 2.45) is 0 Å². The standard InChI is InChI=1S/C21H24N2O3/c1-16-5-3-6-19(15-16)26-14-13-22(2)21(25)17-8-10-18(11-9-17)23-12-4-7-20(23)24/h3,5-6,8-11,15H,4,7,12-14H2,1-2H3. The van der Waals surface area contributed by atoms with Crippen LogP contribution in [0.4, 0.5) is 5.69 Å². The minimum Gasteiger partial charge on any atom is -0.492 e. The molecule has 0 N–H and O–H groups in total. The molecule has 5 heteroatoms. The lowest BCUT2D eigenvalue weighted by Gasteiger charge is -2.19. The highest BCUT2D eigenvalue weighted by Gasteiger charge is 2.22. The van der Waals surface area contributed by atoms with E-state index in [4.69, 9.17) is 4.74 Å². The van der Waals surface area contributed by atoms with Gasteiger partial charge in [-0.05, 0) is 55.3 Å². The molecule has 5 nitrogen and oxygen atoms in total. The second-order valence-corrected chi connectivity index (χ2v) is 6.59. The van der Waals surface area contributed by atoms with Gasteiger partial charge in [-0.15, -0.1) is 0 Å². The van der Waals surface area contributed by atoms with Crippen LogP contribution < -0.4 is 9.64 Å². The van der Waals surface area contributed by atoms with Crippen LogP contribution >= 0.6 is 0 Å². The number of anilines is 1. The summed E-state index contributed by atoms with van der Waals surface area (Å²) < 4.78 is 5.70. The van der Waals surface area contributed by atoms with E-state index in [0.717, 1.165) is 30.0 Å². The van der Waals surface area contributed by atoms with Gasteiger partial charge in [0.05, 0.1) is 6.54 Å². The third-order valence-electron chi connectivity index (χ3n) is 4.53. The minimum atomic E-state index is -0.0582. The zero-order chi connectivity index (χ0) is 18.5. The molecule has 0 atom stereocenters. The Bertz CT molecular complexity index is 786. The predicted octanol–water partition coefficient (Wildman–Crippen LogP) is 3.27. The summed E-state index contributed by atoms with van der Waals surface area (Å²) in [6, 6.07) is 15.1. The van der Waals surface area contributed by atoms with Crippen LogP contribution in [0.5, 0.6) is 5.75 Å². The third kappa shape index (κ3) is 4.23. The molecule has 26 heavy (non-hydrogen) atoms. The zero-order valence-corrected chi connectivity index (χ0v) is 15.3. The molecule has 1 aliphatic heterocycles. The number of benzene rings is 2. The van der Waals surface area contributed by atoms with Crippen molar-refractivity contribution in [3.63, 3.8) is 0 Å². The molecule has 1 aliphatic rings. The molecule has 0 aromatic heterocycles. The second-order valence-electron chi connectivity index (χ2n) is 6.59. The van der Waals surface area contributed by atoms with Crippen LogP contribution in [0.2, 0.25) is 0 Å². The molecule has 0 aliphatic carbocycles. The number of carbonyl (C=O) groups is 2. The summed E-state index contributed by atoms with van der Waals surface area (Å²) >= 11 is 0. The number of nitrogens with zero attached hydrogens (tertiary/aromatic N) is 2. The Balaban J connectivity index is 1.53. The molecule has 136 valence electrons. The van der Waals surface area contributed by atoms with E-state index in [1.165, 1.54) is 0 Å². The summed E-state index contributed by atoms with van der Waals surface area (Å²) in [6.07, 6.45) is 1.49. The van der Waals surface area contributed by atoms with E-state index in [1.807, 2.05) is 43.3 Å². The van der Waals surface area contributed by atoms with Crippen molar-refractivity contribution < 1.29 is 14.3 Å². The molecule has 3 rings (SSSR count). The molecule has 2 amide bonds. The molecule has 0 spiro atoms. The first-order chi connectivity index (χ1) is 12.5. The summed E-state index contributed by atoms with van der Waals surface area (Å²) in [7, 11) is 1.76. The third-order valence-corrected chi connectivity index (χ3v) is 4.53. The van der Waals surface area contributed by atoms with Crippen LogP contribution in [-0.2, 0) is 4.79 Å². The van der Waals surface area contributed by atoms with Gasteiger partial charge in [0.25, 0.3) is 5.91 Å². The molecule has 1 heterocycles. The van der Waals surface area contributed by atoms with Crippen LogP contribution in [-0.4, -0.2) is 43.5 Å². The van der Waals surface area contributed by atoms with Crippen LogP contribution in [0.3, 0.4) is 0 Å². The number of ether oxygens (including phenoxy) is 1. The van der Waals surface area contributed by atoms with E-state index in [1.54, 1.807) is 29.0 Å². The molecule has 1 fully saturated rings. The van der Waals surface area contributed by atoms with Gasteiger partial charge in [-0.2, -0.15) is 0 Å². The maximum Gasteiger partial charge on any atom is 0.253 e. The van der Waals surface area contributed by atoms with Crippen molar-refractivity contribution in [2.45, 2.75) is 19.8 Å². The van der Waals surface area contributed by atoms with E-state index in [0.29, 0.717) is 25.1 Å². The van der Waals surface area contributed by atoms with Crippen molar-refractivity contribution in [1.82, 2.24) is 4.90 Å². The lowest BCUT2D eigenvalue weighted by atomic mass is 10.1. The number of amides is 2. The zero-order valence-electron chi connectivity index (χ0n) is 15.3. The topological polar surface area (TPSA) is 49.9 Å². The maximum absolute atomic E-state index is 12.5. The largest absolute Gasteiger partial charge is 0.492 e. The molecular formula is C21H24N2O3. The van der Waals surface area contributed by atoms with Gasteiger partial charge in [0.1, 0.15) is 12.4 Å². The van der Waals surface area contributed by atoms with Gasteiger partial charge in [-0.25, -0.2) is 0 Å². The quantitative estimate of drug-likeness (QED) is 0.802. The Morgan fingerprint density at radius 1 is 1.19 bits per heavy atom. The Morgan fingerprint density at radius 2 is 1.96 bits per heavy atom. The predicted molar refractivity (Wildman–Crippen MR) is 102 cm³/mol. The van der Waals surface area contributed by atoms with Gasteiger partial charge in [0, 0.05) is 31.3 Å². The first-order valence-corrected chi connectivity index (χ1v) is 8.90. The SMILES string of the molecule is Cc1cccc(OCCN(C)C(=O)c2ccc(N3CCCC3=O)cc2)c1. The lowest BCUT2D eigenvalue weighted by molar-refractivity contribution is -0.117. The van der Waals surface area contributed by atoms with Crippen molar-refractivity contribution in [2.75, 3.05) is 31.6 Å². The highest BCUT2D eigenvalue weighted by Crippen LogP contribution is 2.22. The summed E-state index contributed by atoms with van der Waals surface area (Å²) in [5.74, 6) is 0.900. The lowest BCUT2D eigenvalue weighted by Crippen LogP contribution is -2.31. The Morgan fingerprint density at radius 3 is 2.62 bits per heavy atom. The summed E-state index contributed by atoms with van der Waals surface area (Å²) in [6.45, 7) is 3.70. The van der Waals surface area contributed by atoms with Gasteiger partial charge in [-0.1, -0.05) is 12.1 Å². The summed E-state index contributed by atoms with van der Waals surface area (Å²) in [5.41, 5.74) is 2.61. The van der Waals surface area contributed by atoms with Gasteiger partial charge in [0.15, 0.2) is 0 Å². The number of carbonyl (C=O) groups excluding carboxylic acids is 2. The summed E-state index contributed by atoms with van der Waals surface area (Å²) in [5, 5.41) is 0. The van der Waals surface area contributed by atoms with E-state index in [9.17, 15) is 9.59 Å². The minimum absolute atomic E-state index is 0.0582. The van der Waals surface area contributed by atoms with Crippen molar-refractivity contribution in [3.8, 4) is 5.75 Å². The first-order valence-electron chi connectivity index (χ1n) is 8.90. The molecule has 0 bridgehead atoms. The fourth-order valence-corrected chi connectivity index (χ4v) is 3.03. The fraction of sp³-hybridized carbons (Fsp3) is 0.333. The molecule has 0 radical (unpaired) electrons. The fourth-order valence-electron chi connectivity index (χ4n) is 3.03. The Kier molecular flexibility index (Phi) is 5.56. The maximum atomic E-state index is 12.5. The molecule has 0 saturated carbocycles. The van der Waals surface area contributed by atoms with Crippen LogP contribution in [0.15, 0.2) is 48.5 Å². The van der Waals surface area contributed by atoms with Crippen LogP contribution in [0, 0.1) is 6.92 Å². The Labute approximate surface area is 154 Å². The molecule has 2 aromatic carbocycles. The normalized spacial score (nSPS) is 13.8. The van der Waals surface area contributed by atoms with E-state index in [-0.39, 0.29) is 11.8 Å². The molecule has 0 unspecified atom stereocenters. The van der Waals surface area contributed by atoms with Crippen LogP contribution in [0.1, 0.15) is 28.8 Å². The molecule has 2 aromatic rings. The monoisotopic (exact) mass is 352 g/mol. The first kappa shape index (κ1) is 18.0. The van der Waals surface area contributed by atoms with Gasteiger partial charge >= 0.3 is 0 Å². The van der Waals surface area contributed by atoms with Gasteiger partial charge in [-0.3, -0.25) is 9.59 Å². The number of hydrogen-bond acceptors (Lipinski definition) is 3. The molecule has 1 saturated heterocycles. The highest BCUT2D eigenvalue weighted by molar-refractivity contribution is 5.97. The van der Waals surface area contributed by atoms with Crippen molar-refractivity contribution >= 4 is 17.5 Å². The van der Waals surface area contributed by atoms with E-state index >= 15 is 0 Å². The number of aryl methyl sites for hydroxylation is 1. The number of hydrogen-bond donors (Lipinski definition) is 0. The average molecular weight is 352 g/mol. The highest BCUT2D eigenvalue weighted by atomic mass is 16.5. The average Bonchev–Trinajstić information content (AvgIpc) is 3.07. The Hall–Kier alpha value is -2.82.